The molecule has 1 aliphatic heterocycles. The van der Waals surface area contributed by atoms with Crippen LogP contribution in [0.2, 0.25) is 0 Å². The van der Waals surface area contributed by atoms with Gasteiger partial charge in [0.05, 0.1) is 0 Å². The Labute approximate surface area is 125 Å². The molecule has 1 aromatic rings. The molecule has 5 heteroatoms. The number of anilines is 2. The van der Waals surface area contributed by atoms with Crippen LogP contribution >= 0.6 is 0 Å². The number of nitrogens with one attached hydrogen (secondary N) is 2. The highest BCUT2D eigenvalue weighted by Crippen LogP contribution is 2.20. The van der Waals surface area contributed by atoms with Crippen molar-refractivity contribution in [3.8, 4) is 0 Å². The third-order valence-electron chi connectivity index (χ3n) is 3.80. The SMILES string of the molecule is CC(=O)Nc1ccc(NC(=O)CC2CCN(C)CC2)cc1. The number of nitrogens with zero attached hydrogens (tertiary/aromatic N) is 1. The summed E-state index contributed by atoms with van der Waals surface area (Å²) in [5.74, 6) is 0.450. The predicted octanol–water partition coefficient (Wildman–Crippen LogP) is 2.32. The lowest BCUT2D eigenvalue weighted by molar-refractivity contribution is -0.117. The summed E-state index contributed by atoms with van der Waals surface area (Å²) in [6, 6.07) is 7.18. The summed E-state index contributed by atoms with van der Waals surface area (Å²) in [7, 11) is 2.12. The van der Waals surface area contributed by atoms with E-state index in [1.807, 2.05) is 0 Å². The zero-order valence-corrected chi connectivity index (χ0v) is 12.7. The van der Waals surface area contributed by atoms with Crippen LogP contribution in [-0.2, 0) is 9.59 Å². The minimum atomic E-state index is -0.103. The van der Waals surface area contributed by atoms with Gasteiger partial charge in [-0.2, -0.15) is 0 Å². The van der Waals surface area contributed by atoms with E-state index in [1.165, 1.54) is 6.92 Å². The topological polar surface area (TPSA) is 61.4 Å². The first-order valence-electron chi connectivity index (χ1n) is 7.39. The Kier molecular flexibility index (Phi) is 5.33. The molecule has 1 heterocycles. The van der Waals surface area contributed by atoms with E-state index < -0.39 is 0 Å². The normalized spacial score (nSPS) is 16.5. The summed E-state index contributed by atoms with van der Waals surface area (Å²) >= 11 is 0. The molecule has 1 fully saturated rings. The molecule has 114 valence electrons. The number of hydrogen-bond donors (Lipinski definition) is 2. The van der Waals surface area contributed by atoms with Crippen molar-refractivity contribution in [2.75, 3.05) is 30.8 Å². The van der Waals surface area contributed by atoms with Gasteiger partial charge in [-0.1, -0.05) is 0 Å². The van der Waals surface area contributed by atoms with E-state index >= 15 is 0 Å². The Morgan fingerprint density at radius 2 is 1.62 bits per heavy atom. The van der Waals surface area contributed by atoms with Gasteiger partial charge >= 0.3 is 0 Å². The summed E-state index contributed by atoms with van der Waals surface area (Å²) in [6.07, 6.45) is 2.76. The van der Waals surface area contributed by atoms with Gasteiger partial charge < -0.3 is 15.5 Å². The van der Waals surface area contributed by atoms with Crippen LogP contribution in [0, 0.1) is 5.92 Å². The minimum Gasteiger partial charge on any atom is -0.326 e. The average Bonchev–Trinajstić information content (AvgIpc) is 2.43. The van der Waals surface area contributed by atoms with E-state index in [0.29, 0.717) is 12.3 Å². The fourth-order valence-corrected chi connectivity index (χ4v) is 2.58. The molecule has 1 aromatic carbocycles. The summed E-state index contributed by atoms with van der Waals surface area (Å²) < 4.78 is 0. The number of likely N-dealkylation sites (tertiary alicyclic amines) is 1. The van der Waals surface area contributed by atoms with Gasteiger partial charge in [-0.25, -0.2) is 0 Å². The van der Waals surface area contributed by atoms with Crippen molar-refractivity contribution in [1.29, 1.82) is 0 Å². The maximum absolute atomic E-state index is 12.0. The van der Waals surface area contributed by atoms with E-state index in [-0.39, 0.29) is 11.8 Å². The fourth-order valence-electron chi connectivity index (χ4n) is 2.58. The van der Waals surface area contributed by atoms with Crippen molar-refractivity contribution in [3.63, 3.8) is 0 Å². The number of carbonyl (C=O) groups excluding carboxylic acids is 2. The molecular formula is C16H23N3O2. The smallest absolute Gasteiger partial charge is 0.224 e. The standard InChI is InChI=1S/C16H23N3O2/c1-12(20)17-14-3-5-15(6-4-14)18-16(21)11-13-7-9-19(2)10-8-13/h3-6,13H,7-11H2,1-2H3,(H,17,20)(H,18,21). The first kappa shape index (κ1) is 15.5. The van der Waals surface area contributed by atoms with Crippen LogP contribution in [0.25, 0.3) is 0 Å². The third-order valence-corrected chi connectivity index (χ3v) is 3.80. The van der Waals surface area contributed by atoms with E-state index in [0.717, 1.165) is 37.3 Å². The number of carbonyl (C=O) groups is 2. The molecule has 0 radical (unpaired) electrons. The summed E-state index contributed by atoms with van der Waals surface area (Å²) in [6.45, 7) is 3.62. The molecule has 2 N–H and O–H groups in total. The molecule has 2 rings (SSSR count). The van der Waals surface area contributed by atoms with Crippen LogP contribution < -0.4 is 10.6 Å². The van der Waals surface area contributed by atoms with Crippen LogP contribution in [-0.4, -0.2) is 36.9 Å². The average molecular weight is 289 g/mol. The highest BCUT2D eigenvalue weighted by Gasteiger charge is 2.19. The van der Waals surface area contributed by atoms with Gasteiger partial charge in [-0.05, 0) is 63.2 Å². The molecule has 0 unspecified atom stereocenters. The molecule has 0 aliphatic carbocycles. The van der Waals surface area contributed by atoms with E-state index in [2.05, 4.69) is 22.6 Å². The number of hydrogen-bond acceptors (Lipinski definition) is 3. The summed E-state index contributed by atoms with van der Waals surface area (Å²) in [5.41, 5.74) is 1.50. The third kappa shape index (κ3) is 5.19. The van der Waals surface area contributed by atoms with Crippen molar-refractivity contribution in [1.82, 2.24) is 4.90 Å². The van der Waals surface area contributed by atoms with Gasteiger partial charge in [0.25, 0.3) is 0 Å². The first-order chi connectivity index (χ1) is 10.0. The minimum absolute atomic E-state index is 0.0665. The van der Waals surface area contributed by atoms with E-state index in [9.17, 15) is 9.59 Å². The number of benzene rings is 1. The van der Waals surface area contributed by atoms with E-state index in [4.69, 9.17) is 0 Å². The maximum Gasteiger partial charge on any atom is 0.224 e. The largest absolute Gasteiger partial charge is 0.326 e. The lowest BCUT2D eigenvalue weighted by Crippen LogP contribution is -2.31. The molecule has 0 aromatic heterocycles. The molecule has 1 aliphatic rings. The lowest BCUT2D eigenvalue weighted by Gasteiger charge is -2.28. The van der Waals surface area contributed by atoms with Gasteiger partial charge in [0, 0.05) is 24.7 Å². The Morgan fingerprint density at radius 3 is 2.14 bits per heavy atom. The van der Waals surface area contributed by atoms with Crippen LogP contribution in [0.15, 0.2) is 24.3 Å². The molecule has 0 atom stereocenters. The van der Waals surface area contributed by atoms with Gasteiger partial charge in [-0.3, -0.25) is 9.59 Å². The van der Waals surface area contributed by atoms with Crippen LogP contribution in [0.4, 0.5) is 11.4 Å². The van der Waals surface area contributed by atoms with Crippen molar-refractivity contribution < 1.29 is 9.59 Å². The first-order valence-corrected chi connectivity index (χ1v) is 7.39. The quantitative estimate of drug-likeness (QED) is 0.894. The number of amides is 2. The number of rotatable bonds is 4. The van der Waals surface area contributed by atoms with Crippen molar-refractivity contribution in [2.45, 2.75) is 26.2 Å². The second kappa shape index (κ2) is 7.22. The van der Waals surface area contributed by atoms with E-state index in [1.54, 1.807) is 24.3 Å². The molecule has 2 amide bonds. The van der Waals surface area contributed by atoms with Crippen molar-refractivity contribution in [2.24, 2.45) is 5.92 Å². The Morgan fingerprint density at radius 1 is 1.10 bits per heavy atom. The van der Waals surface area contributed by atoms with Crippen molar-refractivity contribution in [3.05, 3.63) is 24.3 Å². The lowest BCUT2D eigenvalue weighted by atomic mass is 9.93. The van der Waals surface area contributed by atoms with Crippen LogP contribution in [0.3, 0.4) is 0 Å². The molecule has 0 spiro atoms. The summed E-state index contributed by atoms with van der Waals surface area (Å²) in [5, 5.41) is 5.61. The van der Waals surface area contributed by atoms with Gasteiger partial charge in [-0.15, -0.1) is 0 Å². The zero-order chi connectivity index (χ0) is 15.2. The molecule has 0 bridgehead atoms. The van der Waals surface area contributed by atoms with Gasteiger partial charge in [0.15, 0.2) is 0 Å². The van der Waals surface area contributed by atoms with Gasteiger partial charge in [0.2, 0.25) is 11.8 Å². The van der Waals surface area contributed by atoms with Crippen LogP contribution in [0.1, 0.15) is 26.2 Å². The Balaban J connectivity index is 1.80. The maximum atomic E-state index is 12.0. The zero-order valence-electron chi connectivity index (χ0n) is 12.7. The Hall–Kier alpha value is -1.88. The van der Waals surface area contributed by atoms with Gasteiger partial charge in [0.1, 0.15) is 0 Å². The molecule has 21 heavy (non-hydrogen) atoms. The highest BCUT2D eigenvalue weighted by molar-refractivity contribution is 5.92. The fraction of sp³-hybridized carbons (Fsp3) is 0.500. The predicted molar refractivity (Wildman–Crippen MR) is 84.2 cm³/mol. The molecular weight excluding hydrogens is 266 g/mol. The molecule has 5 nitrogen and oxygen atoms in total. The summed E-state index contributed by atoms with van der Waals surface area (Å²) in [4.78, 5) is 25.3. The highest BCUT2D eigenvalue weighted by atomic mass is 16.2. The van der Waals surface area contributed by atoms with Crippen LogP contribution in [0.5, 0.6) is 0 Å². The second-order valence-electron chi connectivity index (χ2n) is 5.76. The monoisotopic (exact) mass is 289 g/mol. The Bertz CT molecular complexity index is 491. The molecule has 0 saturated carbocycles. The molecule has 1 saturated heterocycles. The van der Waals surface area contributed by atoms with Crippen molar-refractivity contribution >= 4 is 23.2 Å². The second-order valence-corrected chi connectivity index (χ2v) is 5.76. The number of piperidine rings is 1.